The summed E-state index contributed by atoms with van der Waals surface area (Å²) in [4.78, 5) is 27.1. The average molecular weight is 481 g/mol. The van der Waals surface area contributed by atoms with Gasteiger partial charge in [-0.05, 0) is 50.2 Å². The van der Waals surface area contributed by atoms with E-state index in [2.05, 4.69) is 10.6 Å². The van der Waals surface area contributed by atoms with Crippen molar-refractivity contribution in [2.45, 2.75) is 13.8 Å². The molecule has 5 rings (SSSR count). The van der Waals surface area contributed by atoms with Crippen LogP contribution < -0.4 is 22.1 Å². The first-order chi connectivity index (χ1) is 17.2. The van der Waals surface area contributed by atoms with E-state index in [1.807, 2.05) is 62.4 Å². The molecule has 8 nitrogen and oxygen atoms in total. The number of fused-ring (bicyclic) bond motifs is 2. The molecule has 0 spiro atoms. The molecule has 0 bridgehead atoms. The second-order valence-electron chi connectivity index (χ2n) is 8.86. The number of aromatic hydroxyl groups is 2. The van der Waals surface area contributed by atoms with E-state index in [1.165, 1.54) is 12.1 Å². The van der Waals surface area contributed by atoms with Gasteiger partial charge in [0.25, 0.3) is 0 Å². The van der Waals surface area contributed by atoms with Crippen molar-refractivity contribution in [2.24, 2.45) is 0 Å². The summed E-state index contributed by atoms with van der Waals surface area (Å²) in [6.45, 7) is 3.89. The molecule has 0 amide bonds. The molecule has 0 atom stereocenters. The van der Waals surface area contributed by atoms with E-state index in [0.29, 0.717) is 11.4 Å². The third-order valence-electron chi connectivity index (χ3n) is 6.23. The number of phenols is 2. The van der Waals surface area contributed by atoms with Crippen molar-refractivity contribution in [1.29, 1.82) is 0 Å². The van der Waals surface area contributed by atoms with Gasteiger partial charge in [0.15, 0.2) is 17.3 Å². The number of phenolic OH excluding ortho intramolecular Hbond substituents is 2. The Balaban J connectivity index is 1.63. The Bertz CT molecular complexity index is 1440. The molecule has 0 aromatic heterocycles. The number of nitrogen functional groups attached to an aromatic ring is 2. The summed E-state index contributed by atoms with van der Waals surface area (Å²) >= 11 is 0. The van der Waals surface area contributed by atoms with E-state index in [-0.39, 0.29) is 45.0 Å². The molecule has 0 radical (unpaired) electrons. The summed E-state index contributed by atoms with van der Waals surface area (Å²) in [7, 11) is 0. The zero-order chi connectivity index (χ0) is 25.7. The molecule has 4 aromatic rings. The van der Waals surface area contributed by atoms with Crippen LogP contribution in [0.1, 0.15) is 43.0 Å². The summed E-state index contributed by atoms with van der Waals surface area (Å²) in [6.07, 6.45) is 0. The first kappa shape index (κ1) is 22.8. The maximum atomic E-state index is 13.7. The summed E-state index contributed by atoms with van der Waals surface area (Å²) in [5, 5.41) is 28.2. The fourth-order valence-electron chi connectivity index (χ4n) is 4.34. The summed E-state index contributed by atoms with van der Waals surface area (Å²) in [5.74, 6) is -2.30. The van der Waals surface area contributed by atoms with E-state index >= 15 is 0 Å². The van der Waals surface area contributed by atoms with Crippen molar-refractivity contribution in [3.05, 3.63) is 94.0 Å². The second kappa shape index (κ2) is 8.35. The molecule has 1 aliphatic carbocycles. The largest absolute Gasteiger partial charge is 0.505 e. The number of hydrogen-bond donors (Lipinski definition) is 6. The van der Waals surface area contributed by atoms with Gasteiger partial charge < -0.3 is 32.3 Å². The molecular weight excluding hydrogens is 456 g/mol. The Hall–Kier alpha value is -4.98. The summed E-state index contributed by atoms with van der Waals surface area (Å²) in [5.41, 5.74) is 15.2. The van der Waals surface area contributed by atoms with E-state index in [9.17, 15) is 19.8 Å². The number of ketones is 2. The van der Waals surface area contributed by atoms with Gasteiger partial charge in [-0.2, -0.15) is 0 Å². The van der Waals surface area contributed by atoms with Gasteiger partial charge in [-0.25, -0.2) is 0 Å². The lowest BCUT2D eigenvalue weighted by Gasteiger charge is -2.25. The number of hydrogen-bond acceptors (Lipinski definition) is 8. The number of rotatable bonds is 4. The number of anilines is 6. The zero-order valence-corrected chi connectivity index (χ0v) is 19.6. The zero-order valence-electron chi connectivity index (χ0n) is 19.6. The van der Waals surface area contributed by atoms with Gasteiger partial charge in [-0.15, -0.1) is 0 Å². The lowest BCUT2D eigenvalue weighted by Crippen LogP contribution is -2.24. The molecule has 0 aliphatic heterocycles. The average Bonchev–Trinajstić information content (AvgIpc) is 2.84. The van der Waals surface area contributed by atoms with Gasteiger partial charge in [-0.1, -0.05) is 35.4 Å². The highest BCUT2D eigenvalue weighted by molar-refractivity contribution is 6.34. The van der Waals surface area contributed by atoms with Crippen LogP contribution in [0.2, 0.25) is 0 Å². The van der Waals surface area contributed by atoms with Crippen molar-refractivity contribution < 1.29 is 19.8 Å². The highest BCUT2D eigenvalue weighted by atomic mass is 16.3. The van der Waals surface area contributed by atoms with Crippen LogP contribution in [-0.4, -0.2) is 21.8 Å². The highest BCUT2D eigenvalue weighted by Crippen LogP contribution is 2.47. The van der Waals surface area contributed by atoms with E-state index in [0.717, 1.165) is 11.1 Å². The number of nitrogens with two attached hydrogens (primary N) is 2. The molecule has 0 unspecified atom stereocenters. The molecule has 0 fully saturated rings. The van der Waals surface area contributed by atoms with E-state index < -0.39 is 23.1 Å². The van der Waals surface area contributed by atoms with Crippen molar-refractivity contribution >= 4 is 45.7 Å². The maximum Gasteiger partial charge on any atom is 0.202 e. The molecule has 8 N–H and O–H groups in total. The fourth-order valence-corrected chi connectivity index (χ4v) is 4.34. The van der Waals surface area contributed by atoms with Gasteiger partial charge in [0, 0.05) is 22.7 Å². The highest BCUT2D eigenvalue weighted by Gasteiger charge is 2.39. The third-order valence-corrected chi connectivity index (χ3v) is 6.23. The first-order valence-electron chi connectivity index (χ1n) is 11.2. The van der Waals surface area contributed by atoms with Crippen LogP contribution in [0.25, 0.3) is 0 Å². The predicted octanol–water partition coefficient (Wildman–Crippen LogP) is 5.14. The standard InChI is InChI=1S/C28H24N4O4/c1-13-3-7-15(8-4-13)31-19-11-17(29)21-23(25(19)33)28(36)24-22(27(21)35)18(30)12-20(26(24)34)32-16-9-5-14(2)6-10-16/h3-12,31-34H,29-30H2,1-2H3. The van der Waals surface area contributed by atoms with Crippen molar-refractivity contribution in [3.8, 4) is 11.5 Å². The van der Waals surface area contributed by atoms with E-state index in [4.69, 9.17) is 11.5 Å². The van der Waals surface area contributed by atoms with Crippen molar-refractivity contribution in [3.63, 3.8) is 0 Å². The van der Waals surface area contributed by atoms with Crippen LogP contribution in [-0.2, 0) is 0 Å². The Labute approximate surface area is 207 Å². The van der Waals surface area contributed by atoms with Gasteiger partial charge in [0.1, 0.15) is 0 Å². The molecule has 8 heteroatoms. The molecule has 1 aliphatic rings. The van der Waals surface area contributed by atoms with Gasteiger partial charge in [-0.3, -0.25) is 9.59 Å². The van der Waals surface area contributed by atoms with Gasteiger partial charge >= 0.3 is 0 Å². The number of benzene rings is 4. The normalized spacial score (nSPS) is 12.2. The minimum absolute atomic E-state index is 0.00200. The predicted molar refractivity (Wildman–Crippen MR) is 141 cm³/mol. The topological polar surface area (TPSA) is 151 Å². The van der Waals surface area contributed by atoms with Crippen molar-refractivity contribution in [2.75, 3.05) is 22.1 Å². The molecular formula is C28H24N4O4. The summed E-state index contributed by atoms with van der Waals surface area (Å²) < 4.78 is 0. The molecule has 0 heterocycles. The number of nitrogens with one attached hydrogen (secondary N) is 2. The van der Waals surface area contributed by atoms with Crippen LogP contribution in [0.3, 0.4) is 0 Å². The minimum atomic E-state index is -0.756. The number of carbonyl (C=O) groups excluding carboxylic acids is 2. The Morgan fingerprint density at radius 2 is 0.917 bits per heavy atom. The quantitative estimate of drug-likeness (QED) is 0.118. The SMILES string of the molecule is Cc1ccc(Nc2cc(N)c3c(c2O)C(=O)c2c(O)c(Nc4ccc(C)cc4)cc(N)c2C3=O)cc1. The van der Waals surface area contributed by atoms with Crippen molar-refractivity contribution in [1.82, 2.24) is 0 Å². The Morgan fingerprint density at radius 1 is 0.583 bits per heavy atom. The number of carbonyl (C=O) groups is 2. The lowest BCUT2D eigenvalue weighted by molar-refractivity contribution is 0.0975. The van der Waals surface area contributed by atoms with Crippen LogP contribution in [0.15, 0.2) is 60.7 Å². The molecule has 0 saturated heterocycles. The molecule has 4 aromatic carbocycles. The Kier molecular flexibility index (Phi) is 5.29. The lowest BCUT2D eigenvalue weighted by atomic mass is 9.80. The minimum Gasteiger partial charge on any atom is -0.505 e. The third kappa shape index (κ3) is 3.65. The number of aryl methyl sites for hydroxylation is 2. The molecule has 36 heavy (non-hydrogen) atoms. The monoisotopic (exact) mass is 480 g/mol. The van der Waals surface area contributed by atoms with E-state index in [1.54, 1.807) is 0 Å². The Morgan fingerprint density at radius 3 is 1.28 bits per heavy atom. The van der Waals surface area contributed by atoms with Gasteiger partial charge in [0.2, 0.25) is 5.78 Å². The van der Waals surface area contributed by atoms with Crippen LogP contribution in [0.4, 0.5) is 34.1 Å². The second-order valence-corrected chi connectivity index (χ2v) is 8.86. The summed E-state index contributed by atoms with van der Waals surface area (Å²) in [6, 6.07) is 17.6. The van der Waals surface area contributed by atoms with Crippen LogP contribution in [0, 0.1) is 13.8 Å². The fraction of sp³-hybridized carbons (Fsp3) is 0.0714. The molecule has 0 saturated carbocycles. The molecule has 180 valence electrons. The van der Waals surface area contributed by atoms with Crippen LogP contribution in [0.5, 0.6) is 11.5 Å². The van der Waals surface area contributed by atoms with Crippen LogP contribution >= 0.6 is 0 Å². The maximum absolute atomic E-state index is 13.7. The smallest absolute Gasteiger partial charge is 0.202 e. The van der Waals surface area contributed by atoms with Gasteiger partial charge in [0.05, 0.1) is 33.6 Å². The first-order valence-corrected chi connectivity index (χ1v) is 11.2.